The standard InChI is InChI=1S/C18H17NO7/c1-2-23-18(21)16-14(13-9-6-10-24-13)15(19(22)26-16)17(20)25-11-12-7-4-3-5-8-12/h3-10,14,16H,2,11H2,1H3/t14-,16-/m0/s1. The van der Waals surface area contributed by atoms with Gasteiger partial charge in [0.05, 0.1) is 17.8 Å². The molecule has 2 aromatic rings. The molecule has 8 heteroatoms. The Hall–Kier alpha value is -3.29. The largest absolute Gasteiger partial charge is 0.468 e. The average molecular weight is 359 g/mol. The smallest absolute Gasteiger partial charge is 0.406 e. The van der Waals surface area contributed by atoms with E-state index in [9.17, 15) is 14.8 Å². The van der Waals surface area contributed by atoms with E-state index in [1.807, 2.05) is 6.07 Å². The molecule has 136 valence electrons. The SMILES string of the molecule is CCOC(=O)[C@H]1O[N+]([O-])=C(C(=O)OCc2ccccc2)[C@@H]1c1ccco1. The molecule has 2 atom stereocenters. The summed E-state index contributed by atoms with van der Waals surface area (Å²) in [5.74, 6) is -2.48. The van der Waals surface area contributed by atoms with Gasteiger partial charge in [0.15, 0.2) is 6.10 Å². The van der Waals surface area contributed by atoms with Crippen LogP contribution in [0.15, 0.2) is 53.1 Å². The van der Waals surface area contributed by atoms with Crippen molar-refractivity contribution in [3.05, 3.63) is 65.3 Å². The van der Waals surface area contributed by atoms with Crippen LogP contribution in [0.5, 0.6) is 0 Å². The molecule has 0 bridgehead atoms. The summed E-state index contributed by atoms with van der Waals surface area (Å²) in [4.78, 5) is 29.6. The molecule has 0 N–H and O–H groups in total. The minimum absolute atomic E-state index is 0.00208. The van der Waals surface area contributed by atoms with Gasteiger partial charge < -0.3 is 18.7 Å². The molecule has 1 aromatic carbocycles. The Morgan fingerprint density at radius 1 is 1.15 bits per heavy atom. The molecule has 0 fully saturated rings. The van der Waals surface area contributed by atoms with E-state index >= 15 is 0 Å². The topological polar surface area (TPSA) is 101 Å². The number of carbonyl (C=O) groups excluding carboxylic acids is 2. The fraction of sp³-hybridized carbons (Fsp3) is 0.278. The van der Waals surface area contributed by atoms with Crippen molar-refractivity contribution < 1.29 is 33.2 Å². The lowest BCUT2D eigenvalue weighted by molar-refractivity contribution is -0.736. The molecule has 2 heterocycles. The first-order chi connectivity index (χ1) is 12.6. The zero-order valence-corrected chi connectivity index (χ0v) is 14.0. The quantitative estimate of drug-likeness (QED) is 0.574. The molecular weight excluding hydrogens is 342 g/mol. The van der Waals surface area contributed by atoms with Gasteiger partial charge in [-0.25, -0.2) is 4.79 Å². The monoisotopic (exact) mass is 359 g/mol. The van der Waals surface area contributed by atoms with Crippen LogP contribution < -0.4 is 0 Å². The highest BCUT2D eigenvalue weighted by Gasteiger charge is 2.51. The van der Waals surface area contributed by atoms with Crippen molar-refractivity contribution in [2.45, 2.75) is 25.6 Å². The Kier molecular flexibility index (Phi) is 5.21. The number of nitrogens with zero attached hydrogens (tertiary/aromatic N) is 1. The van der Waals surface area contributed by atoms with Gasteiger partial charge in [0.25, 0.3) is 0 Å². The zero-order valence-electron chi connectivity index (χ0n) is 14.0. The molecule has 0 amide bonds. The fourth-order valence-corrected chi connectivity index (χ4v) is 2.63. The Labute approximate surface area is 149 Å². The van der Waals surface area contributed by atoms with Crippen LogP contribution in [0.2, 0.25) is 0 Å². The van der Waals surface area contributed by atoms with Crippen molar-refractivity contribution in [2.75, 3.05) is 6.61 Å². The first-order valence-electron chi connectivity index (χ1n) is 8.03. The van der Waals surface area contributed by atoms with Crippen molar-refractivity contribution in [1.82, 2.24) is 0 Å². The molecule has 26 heavy (non-hydrogen) atoms. The van der Waals surface area contributed by atoms with Crippen LogP contribution >= 0.6 is 0 Å². The van der Waals surface area contributed by atoms with Crippen LogP contribution in [0.25, 0.3) is 0 Å². The van der Waals surface area contributed by atoms with Crippen LogP contribution in [0, 0.1) is 5.21 Å². The molecule has 0 unspecified atom stereocenters. The first kappa shape index (κ1) is 17.5. The minimum atomic E-state index is -1.32. The van der Waals surface area contributed by atoms with Gasteiger partial charge in [0.1, 0.15) is 18.3 Å². The molecule has 8 nitrogen and oxygen atoms in total. The summed E-state index contributed by atoms with van der Waals surface area (Å²) >= 11 is 0. The van der Waals surface area contributed by atoms with Crippen molar-refractivity contribution >= 4 is 17.7 Å². The van der Waals surface area contributed by atoms with Gasteiger partial charge in [0.2, 0.25) is 0 Å². The van der Waals surface area contributed by atoms with E-state index in [-0.39, 0.29) is 29.6 Å². The Morgan fingerprint density at radius 3 is 2.58 bits per heavy atom. The fourth-order valence-electron chi connectivity index (χ4n) is 2.63. The molecule has 0 spiro atoms. The first-order valence-corrected chi connectivity index (χ1v) is 8.03. The van der Waals surface area contributed by atoms with E-state index in [2.05, 4.69) is 0 Å². The summed E-state index contributed by atoms with van der Waals surface area (Å²) in [6.45, 7) is 1.71. The summed E-state index contributed by atoms with van der Waals surface area (Å²) in [5, 5.41) is 12.2. The zero-order chi connectivity index (χ0) is 18.5. The van der Waals surface area contributed by atoms with Gasteiger partial charge in [-0.2, -0.15) is 0 Å². The Bertz CT molecular complexity index is 798. The summed E-state index contributed by atoms with van der Waals surface area (Å²) in [6, 6.07) is 12.1. The highest BCUT2D eigenvalue weighted by molar-refractivity contribution is 6.37. The second-order valence-corrected chi connectivity index (χ2v) is 5.48. The third-order valence-electron chi connectivity index (χ3n) is 3.79. The second-order valence-electron chi connectivity index (χ2n) is 5.48. The molecule has 0 saturated heterocycles. The highest BCUT2D eigenvalue weighted by Crippen LogP contribution is 2.31. The van der Waals surface area contributed by atoms with Crippen molar-refractivity contribution in [3.8, 4) is 0 Å². The maximum atomic E-state index is 12.5. The summed E-state index contributed by atoms with van der Waals surface area (Å²) in [7, 11) is 0. The van der Waals surface area contributed by atoms with Gasteiger partial charge in [-0.15, -0.1) is 0 Å². The molecule has 0 saturated carbocycles. The van der Waals surface area contributed by atoms with E-state index in [1.54, 1.807) is 43.3 Å². The van der Waals surface area contributed by atoms with E-state index in [0.29, 0.717) is 0 Å². The highest BCUT2D eigenvalue weighted by atomic mass is 16.9. The number of hydrogen-bond donors (Lipinski definition) is 0. The molecule has 1 aromatic heterocycles. The van der Waals surface area contributed by atoms with Crippen molar-refractivity contribution in [1.29, 1.82) is 0 Å². The van der Waals surface area contributed by atoms with Gasteiger partial charge in [-0.3, -0.25) is 10.0 Å². The predicted molar refractivity (Wildman–Crippen MR) is 87.8 cm³/mol. The maximum Gasteiger partial charge on any atom is 0.406 e. The summed E-state index contributed by atoms with van der Waals surface area (Å²) in [6.07, 6.45) is 0.0515. The van der Waals surface area contributed by atoms with Crippen LogP contribution in [-0.4, -0.2) is 35.3 Å². The van der Waals surface area contributed by atoms with Crippen LogP contribution in [0.3, 0.4) is 0 Å². The summed E-state index contributed by atoms with van der Waals surface area (Å²) < 4.78 is 15.4. The van der Waals surface area contributed by atoms with Crippen LogP contribution in [-0.2, 0) is 30.5 Å². The summed E-state index contributed by atoms with van der Waals surface area (Å²) in [5.41, 5.74) is 0.392. The third-order valence-corrected chi connectivity index (χ3v) is 3.79. The molecule has 1 aliphatic heterocycles. The minimum Gasteiger partial charge on any atom is -0.468 e. The second kappa shape index (κ2) is 7.73. The molecule has 3 rings (SSSR count). The van der Waals surface area contributed by atoms with E-state index in [1.165, 1.54) is 6.26 Å². The third kappa shape index (κ3) is 3.53. The van der Waals surface area contributed by atoms with Crippen molar-refractivity contribution in [2.24, 2.45) is 0 Å². The Morgan fingerprint density at radius 2 is 1.92 bits per heavy atom. The molecular formula is C18H17NO7. The van der Waals surface area contributed by atoms with Gasteiger partial charge in [-0.1, -0.05) is 30.3 Å². The van der Waals surface area contributed by atoms with E-state index in [4.69, 9.17) is 18.7 Å². The lowest BCUT2D eigenvalue weighted by Gasteiger charge is -2.15. The van der Waals surface area contributed by atoms with Gasteiger partial charge in [0, 0.05) is 0 Å². The van der Waals surface area contributed by atoms with Gasteiger partial charge >= 0.3 is 17.7 Å². The molecule has 0 radical (unpaired) electrons. The number of furan rings is 1. The number of rotatable bonds is 6. The molecule has 1 aliphatic rings. The number of hydrogen-bond acceptors (Lipinski definition) is 7. The molecule has 0 aliphatic carbocycles. The Balaban J connectivity index is 1.82. The number of esters is 2. The lowest BCUT2D eigenvalue weighted by atomic mass is 9.94. The van der Waals surface area contributed by atoms with Crippen LogP contribution in [0.1, 0.15) is 24.2 Å². The number of ether oxygens (including phenoxy) is 2. The van der Waals surface area contributed by atoms with Crippen LogP contribution in [0.4, 0.5) is 0 Å². The van der Waals surface area contributed by atoms with Crippen molar-refractivity contribution in [3.63, 3.8) is 0 Å². The lowest BCUT2D eigenvalue weighted by Crippen LogP contribution is -2.34. The average Bonchev–Trinajstić information content (AvgIpc) is 3.28. The number of benzene rings is 1. The maximum absolute atomic E-state index is 12.5. The normalized spacial score (nSPS) is 19.1. The predicted octanol–water partition coefficient (Wildman–Crippen LogP) is 1.93. The van der Waals surface area contributed by atoms with Gasteiger partial charge in [-0.05, 0) is 24.6 Å². The number of carbonyl (C=O) groups is 2. The van der Waals surface area contributed by atoms with E-state index < -0.39 is 24.0 Å². The van der Waals surface area contributed by atoms with E-state index in [0.717, 1.165) is 5.56 Å².